The minimum Gasteiger partial charge on any atom is -0.422 e. The molecule has 0 saturated heterocycles. The summed E-state index contributed by atoms with van der Waals surface area (Å²) in [4.78, 5) is 12.0. The normalized spacial score (nSPS) is 10.8. The van der Waals surface area contributed by atoms with Gasteiger partial charge in [-0.25, -0.2) is 4.79 Å². The van der Waals surface area contributed by atoms with Crippen molar-refractivity contribution >= 4 is 38.5 Å². The van der Waals surface area contributed by atoms with Gasteiger partial charge in [0.05, 0.1) is 5.56 Å². The predicted octanol–water partition coefficient (Wildman–Crippen LogP) is 4.88. The average molecular weight is 336 g/mol. The molecule has 0 aliphatic rings. The van der Waals surface area contributed by atoms with E-state index >= 15 is 0 Å². The van der Waals surface area contributed by atoms with Crippen LogP contribution in [0.5, 0.6) is 0 Å². The molecule has 0 bridgehead atoms. The van der Waals surface area contributed by atoms with E-state index in [4.69, 9.17) is 16.0 Å². The van der Waals surface area contributed by atoms with Gasteiger partial charge in [-0.15, -0.1) is 0 Å². The van der Waals surface area contributed by atoms with Crippen LogP contribution >= 0.6 is 27.5 Å². The molecule has 19 heavy (non-hydrogen) atoms. The van der Waals surface area contributed by atoms with Gasteiger partial charge in [-0.05, 0) is 42.0 Å². The van der Waals surface area contributed by atoms with Gasteiger partial charge >= 0.3 is 5.63 Å². The van der Waals surface area contributed by atoms with Crippen molar-refractivity contribution in [2.24, 2.45) is 0 Å². The zero-order valence-electron chi connectivity index (χ0n) is 9.69. The van der Waals surface area contributed by atoms with Gasteiger partial charge in [0.1, 0.15) is 5.58 Å². The maximum atomic E-state index is 12.0. The highest BCUT2D eigenvalue weighted by Crippen LogP contribution is 2.24. The molecule has 4 heteroatoms. The van der Waals surface area contributed by atoms with Crippen molar-refractivity contribution in [2.45, 2.75) is 0 Å². The summed E-state index contributed by atoms with van der Waals surface area (Å²) >= 11 is 9.32. The third kappa shape index (κ3) is 2.44. The van der Waals surface area contributed by atoms with Gasteiger partial charge in [0.25, 0.3) is 0 Å². The minimum atomic E-state index is -0.350. The number of benzene rings is 2. The Balaban J connectivity index is 2.26. The van der Waals surface area contributed by atoms with Gasteiger partial charge in [0.2, 0.25) is 0 Å². The molecule has 0 amide bonds. The highest BCUT2D eigenvalue weighted by atomic mass is 79.9. The molecule has 2 nitrogen and oxygen atoms in total. The van der Waals surface area contributed by atoms with E-state index in [-0.39, 0.29) is 5.63 Å². The summed E-state index contributed by atoms with van der Waals surface area (Å²) in [6.07, 6.45) is 0. The van der Waals surface area contributed by atoms with Gasteiger partial charge in [-0.1, -0.05) is 39.7 Å². The van der Waals surface area contributed by atoms with Crippen molar-refractivity contribution < 1.29 is 4.42 Å². The predicted molar refractivity (Wildman–Crippen MR) is 80.6 cm³/mol. The molecule has 0 radical (unpaired) electrons. The van der Waals surface area contributed by atoms with Crippen LogP contribution in [0.2, 0.25) is 5.02 Å². The first-order chi connectivity index (χ1) is 9.13. The van der Waals surface area contributed by atoms with Gasteiger partial charge in [0.15, 0.2) is 0 Å². The Morgan fingerprint density at radius 2 is 1.74 bits per heavy atom. The Bertz CT molecular complexity index is 806. The van der Waals surface area contributed by atoms with Gasteiger partial charge in [-0.2, -0.15) is 0 Å². The zero-order chi connectivity index (χ0) is 13.4. The van der Waals surface area contributed by atoms with E-state index in [9.17, 15) is 4.79 Å². The van der Waals surface area contributed by atoms with Crippen LogP contribution in [0.1, 0.15) is 0 Å². The Morgan fingerprint density at radius 3 is 2.47 bits per heavy atom. The van der Waals surface area contributed by atoms with Gasteiger partial charge < -0.3 is 4.42 Å². The van der Waals surface area contributed by atoms with Crippen LogP contribution in [-0.2, 0) is 0 Å². The number of hydrogen-bond acceptors (Lipinski definition) is 2. The Hall–Kier alpha value is -1.58. The quantitative estimate of drug-likeness (QED) is 0.594. The fourth-order valence-electron chi connectivity index (χ4n) is 1.92. The Morgan fingerprint density at radius 1 is 1.00 bits per heavy atom. The number of rotatable bonds is 1. The van der Waals surface area contributed by atoms with Crippen LogP contribution in [0, 0.1) is 0 Å². The van der Waals surface area contributed by atoms with Crippen molar-refractivity contribution in [3.05, 3.63) is 68.4 Å². The van der Waals surface area contributed by atoms with E-state index < -0.39 is 0 Å². The smallest absolute Gasteiger partial charge is 0.344 e. The second kappa shape index (κ2) is 4.83. The summed E-state index contributed by atoms with van der Waals surface area (Å²) in [5.41, 5.74) is 1.54. The first-order valence-corrected chi connectivity index (χ1v) is 6.80. The molecule has 0 fully saturated rings. The molecule has 0 N–H and O–H groups in total. The molecule has 1 aromatic heterocycles. The molecule has 2 aromatic carbocycles. The Kier molecular flexibility index (Phi) is 3.17. The lowest BCUT2D eigenvalue weighted by Crippen LogP contribution is -2.02. The highest BCUT2D eigenvalue weighted by Gasteiger charge is 2.08. The summed E-state index contributed by atoms with van der Waals surface area (Å²) < 4.78 is 6.27. The molecule has 0 saturated carbocycles. The van der Waals surface area contributed by atoms with Crippen LogP contribution in [0.4, 0.5) is 0 Å². The summed E-state index contributed by atoms with van der Waals surface area (Å²) in [6, 6.07) is 14.5. The van der Waals surface area contributed by atoms with E-state index in [0.717, 1.165) is 15.4 Å². The summed E-state index contributed by atoms with van der Waals surface area (Å²) in [6.45, 7) is 0. The fraction of sp³-hybridized carbons (Fsp3) is 0. The van der Waals surface area contributed by atoms with Crippen molar-refractivity contribution in [3.8, 4) is 11.1 Å². The monoisotopic (exact) mass is 334 g/mol. The largest absolute Gasteiger partial charge is 0.422 e. The second-order valence-corrected chi connectivity index (χ2v) is 5.49. The maximum absolute atomic E-state index is 12.0. The van der Waals surface area contributed by atoms with Crippen LogP contribution in [0.25, 0.3) is 22.1 Å². The zero-order valence-corrected chi connectivity index (χ0v) is 12.0. The minimum absolute atomic E-state index is 0.350. The summed E-state index contributed by atoms with van der Waals surface area (Å²) in [5, 5.41) is 1.42. The lowest BCUT2D eigenvalue weighted by molar-refractivity contribution is 0.563. The van der Waals surface area contributed by atoms with Crippen molar-refractivity contribution in [3.63, 3.8) is 0 Å². The number of hydrogen-bond donors (Lipinski definition) is 0. The Labute approximate surface area is 122 Å². The summed E-state index contributed by atoms with van der Waals surface area (Å²) in [7, 11) is 0. The summed E-state index contributed by atoms with van der Waals surface area (Å²) in [5.74, 6) is 0. The standard InChI is InChI=1S/C15H8BrClO2/c16-11-3-1-9(2-4-11)13-8-10-7-12(17)5-6-14(10)19-15(13)18/h1-8H. The van der Waals surface area contributed by atoms with Crippen LogP contribution < -0.4 is 5.63 Å². The lowest BCUT2D eigenvalue weighted by atomic mass is 10.1. The second-order valence-electron chi connectivity index (χ2n) is 4.14. The molecular formula is C15H8BrClO2. The van der Waals surface area contributed by atoms with Crippen LogP contribution in [-0.4, -0.2) is 0 Å². The molecule has 0 spiro atoms. The van der Waals surface area contributed by atoms with Crippen LogP contribution in [0.3, 0.4) is 0 Å². The van der Waals surface area contributed by atoms with E-state index in [1.54, 1.807) is 24.3 Å². The van der Waals surface area contributed by atoms with E-state index in [1.807, 2.05) is 24.3 Å². The molecular weight excluding hydrogens is 328 g/mol. The molecule has 0 aliphatic carbocycles. The van der Waals surface area contributed by atoms with Crippen molar-refractivity contribution in [2.75, 3.05) is 0 Å². The first-order valence-electron chi connectivity index (χ1n) is 5.63. The number of halogens is 2. The molecule has 94 valence electrons. The SMILES string of the molecule is O=c1oc2ccc(Cl)cc2cc1-c1ccc(Br)cc1. The topological polar surface area (TPSA) is 30.2 Å². The third-order valence-corrected chi connectivity index (χ3v) is 3.61. The molecule has 0 atom stereocenters. The molecule has 1 heterocycles. The maximum Gasteiger partial charge on any atom is 0.344 e. The first kappa shape index (κ1) is 12.5. The van der Waals surface area contributed by atoms with E-state index in [2.05, 4.69) is 15.9 Å². The van der Waals surface area contributed by atoms with E-state index in [0.29, 0.717) is 16.2 Å². The average Bonchev–Trinajstić information content (AvgIpc) is 2.40. The van der Waals surface area contributed by atoms with Crippen molar-refractivity contribution in [1.82, 2.24) is 0 Å². The highest BCUT2D eigenvalue weighted by molar-refractivity contribution is 9.10. The molecule has 3 rings (SSSR count). The van der Waals surface area contributed by atoms with Gasteiger partial charge in [0, 0.05) is 14.9 Å². The van der Waals surface area contributed by atoms with Gasteiger partial charge in [-0.3, -0.25) is 0 Å². The van der Waals surface area contributed by atoms with Crippen LogP contribution in [0.15, 0.2) is 62.2 Å². The fourth-order valence-corrected chi connectivity index (χ4v) is 2.37. The molecule has 0 aliphatic heterocycles. The lowest BCUT2D eigenvalue weighted by Gasteiger charge is -2.03. The van der Waals surface area contributed by atoms with E-state index in [1.165, 1.54) is 0 Å². The number of fused-ring (bicyclic) bond motifs is 1. The molecule has 3 aromatic rings. The third-order valence-electron chi connectivity index (χ3n) is 2.85. The molecule has 0 unspecified atom stereocenters. The van der Waals surface area contributed by atoms with Crippen molar-refractivity contribution in [1.29, 1.82) is 0 Å².